The number of hydrogen-bond donors (Lipinski definition) is 2. The molecule has 0 bridgehead atoms. The summed E-state index contributed by atoms with van der Waals surface area (Å²) in [5, 5.41) is 21.4. The fraction of sp³-hybridized carbons (Fsp3) is 0.129. The number of likely N-dealkylation sites (tertiary alicyclic amines) is 1. The highest BCUT2D eigenvalue weighted by Crippen LogP contribution is 2.41. The fourth-order valence-electron chi connectivity index (χ4n) is 4.57. The maximum Gasteiger partial charge on any atom is 0.295 e. The Kier molecular flexibility index (Phi) is 6.91. The number of pyridine rings is 1. The summed E-state index contributed by atoms with van der Waals surface area (Å²) in [5.41, 5.74) is 3.83. The van der Waals surface area contributed by atoms with Crippen LogP contribution in [0, 0.1) is 6.92 Å². The molecule has 190 valence electrons. The molecule has 5 rings (SSSR count). The van der Waals surface area contributed by atoms with E-state index in [4.69, 9.17) is 4.74 Å². The van der Waals surface area contributed by atoms with Gasteiger partial charge in [-0.3, -0.25) is 14.6 Å². The molecular weight excluding hydrogens is 480 g/mol. The number of rotatable bonds is 7. The third-order valence-electron chi connectivity index (χ3n) is 6.61. The molecule has 38 heavy (non-hydrogen) atoms. The van der Waals surface area contributed by atoms with E-state index in [0.717, 1.165) is 16.7 Å². The molecule has 1 fully saturated rings. The maximum atomic E-state index is 13.2. The van der Waals surface area contributed by atoms with Crippen molar-refractivity contribution in [3.63, 3.8) is 0 Å². The SMILES string of the molecule is Cc1ccccc1COc1ccc(/C(O)=C2\C(=O)C(=O)N(Cc3ccncc3)[C@H]2c2cccc(O)c2)cc1. The van der Waals surface area contributed by atoms with Gasteiger partial charge in [-0.25, -0.2) is 0 Å². The van der Waals surface area contributed by atoms with Gasteiger partial charge in [0.2, 0.25) is 0 Å². The van der Waals surface area contributed by atoms with Crippen molar-refractivity contribution in [2.24, 2.45) is 0 Å². The number of aliphatic hydroxyl groups is 1. The quantitative estimate of drug-likeness (QED) is 0.201. The van der Waals surface area contributed by atoms with Gasteiger partial charge >= 0.3 is 0 Å². The molecule has 0 unspecified atom stereocenters. The van der Waals surface area contributed by atoms with Crippen LogP contribution in [0.2, 0.25) is 0 Å². The zero-order valence-electron chi connectivity index (χ0n) is 20.7. The number of aliphatic hydroxyl groups excluding tert-OH is 1. The van der Waals surface area contributed by atoms with Crippen LogP contribution in [0.5, 0.6) is 11.5 Å². The van der Waals surface area contributed by atoms with Gasteiger partial charge in [-0.15, -0.1) is 0 Å². The summed E-state index contributed by atoms with van der Waals surface area (Å²) in [5.74, 6) is -1.21. The Balaban J connectivity index is 1.48. The average Bonchev–Trinajstić information content (AvgIpc) is 3.18. The number of hydrogen-bond acceptors (Lipinski definition) is 6. The molecule has 0 aliphatic carbocycles. The Morgan fingerprint density at radius 3 is 2.39 bits per heavy atom. The van der Waals surface area contributed by atoms with Crippen molar-refractivity contribution in [3.05, 3.63) is 131 Å². The molecule has 4 aromatic rings. The fourth-order valence-corrected chi connectivity index (χ4v) is 4.57. The van der Waals surface area contributed by atoms with E-state index in [1.54, 1.807) is 60.9 Å². The van der Waals surface area contributed by atoms with Crippen molar-refractivity contribution in [1.29, 1.82) is 0 Å². The van der Waals surface area contributed by atoms with E-state index in [9.17, 15) is 19.8 Å². The molecule has 0 radical (unpaired) electrons. The first-order chi connectivity index (χ1) is 18.4. The zero-order chi connectivity index (χ0) is 26.6. The smallest absolute Gasteiger partial charge is 0.295 e. The Morgan fingerprint density at radius 1 is 0.947 bits per heavy atom. The van der Waals surface area contributed by atoms with Crippen molar-refractivity contribution < 1.29 is 24.5 Å². The average molecular weight is 507 g/mol. The van der Waals surface area contributed by atoms with Crippen LogP contribution >= 0.6 is 0 Å². The monoisotopic (exact) mass is 506 g/mol. The summed E-state index contributed by atoms with van der Waals surface area (Å²) < 4.78 is 5.90. The van der Waals surface area contributed by atoms with Crippen LogP contribution < -0.4 is 4.74 Å². The van der Waals surface area contributed by atoms with Gasteiger partial charge in [-0.1, -0.05) is 36.4 Å². The van der Waals surface area contributed by atoms with Gasteiger partial charge in [-0.05, 0) is 77.7 Å². The third-order valence-corrected chi connectivity index (χ3v) is 6.61. The highest BCUT2D eigenvalue weighted by atomic mass is 16.5. The van der Waals surface area contributed by atoms with E-state index >= 15 is 0 Å². The minimum Gasteiger partial charge on any atom is -0.508 e. The first kappa shape index (κ1) is 24.8. The van der Waals surface area contributed by atoms with Crippen LogP contribution in [0.15, 0.2) is 103 Å². The molecule has 0 spiro atoms. The molecule has 3 aromatic carbocycles. The molecule has 1 amide bonds. The first-order valence-electron chi connectivity index (χ1n) is 12.2. The summed E-state index contributed by atoms with van der Waals surface area (Å²) in [6.07, 6.45) is 3.22. The Morgan fingerprint density at radius 2 is 1.68 bits per heavy atom. The van der Waals surface area contributed by atoms with Crippen molar-refractivity contribution >= 4 is 17.4 Å². The molecule has 7 nitrogen and oxygen atoms in total. The van der Waals surface area contributed by atoms with Crippen molar-refractivity contribution in [2.45, 2.75) is 26.1 Å². The van der Waals surface area contributed by atoms with Gasteiger partial charge in [0.15, 0.2) is 0 Å². The van der Waals surface area contributed by atoms with E-state index in [2.05, 4.69) is 4.98 Å². The van der Waals surface area contributed by atoms with Gasteiger partial charge < -0.3 is 19.8 Å². The number of nitrogens with zero attached hydrogens (tertiary/aromatic N) is 2. The summed E-state index contributed by atoms with van der Waals surface area (Å²) >= 11 is 0. The number of ether oxygens (including phenoxy) is 1. The van der Waals surface area contributed by atoms with Crippen LogP contribution in [0.25, 0.3) is 5.76 Å². The molecule has 1 aliphatic heterocycles. The molecule has 2 N–H and O–H groups in total. The highest BCUT2D eigenvalue weighted by molar-refractivity contribution is 6.46. The van der Waals surface area contributed by atoms with E-state index in [1.807, 2.05) is 31.2 Å². The lowest BCUT2D eigenvalue weighted by molar-refractivity contribution is -0.140. The number of aromatic nitrogens is 1. The van der Waals surface area contributed by atoms with Crippen LogP contribution in [0.4, 0.5) is 0 Å². The van der Waals surface area contributed by atoms with Crippen molar-refractivity contribution in [1.82, 2.24) is 9.88 Å². The predicted octanol–water partition coefficient (Wildman–Crippen LogP) is 5.30. The van der Waals surface area contributed by atoms with Crippen molar-refractivity contribution in [2.75, 3.05) is 0 Å². The second-order valence-electron chi connectivity index (χ2n) is 9.12. The number of phenols is 1. The number of ketones is 1. The second kappa shape index (κ2) is 10.6. The lowest BCUT2D eigenvalue weighted by Crippen LogP contribution is -2.29. The molecule has 1 aliphatic rings. The molecule has 0 saturated carbocycles. The lowest BCUT2D eigenvalue weighted by Gasteiger charge is -2.25. The van der Waals surface area contributed by atoms with E-state index < -0.39 is 17.7 Å². The number of phenolic OH excluding ortho intramolecular Hbond substituents is 1. The number of aromatic hydroxyl groups is 1. The molecular formula is C31H26N2O5. The van der Waals surface area contributed by atoms with Crippen LogP contribution in [-0.4, -0.2) is 31.8 Å². The summed E-state index contributed by atoms with van der Waals surface area (Å²) in [7, 11) is 0. The van der Waals surface area contributed by atoms with Crippen molar-refractivity contribution in [3.8, 4) is 11.5 Å². The molecule has 1 aromatic heterocycles. The lowest BCUT2D eigenvalue weighted by atomic mass is 9.95. The van der Waals surface area contributed by atoms with Gasteiger partial charge in [0.25, 0.3) is 11.7 Å². The molecule has 7 heteroatoms. The molecule has 1 saturated heterocycles. The second-order valence-corrected chi connectivity index (χ2v) is 9.12. The van der Waals surface area contributed by atoms with E-state index in [1.165, 1.54) is 17.0 Å². The van der Waals surface area contributed by atoms with Gasteiger partial charge in [0, 0.05) is 24.5 Å². The highest BCUT2D eigenvalue weighted by Gasteiger charge is 2.46. The van der Waals surface area contributed by atoms with Gasteiger partial charge in [0.1, 0.15) is 23.9 Å². The maximum absolute atomic E-state index is 13.2. The van der Waals surface area contributed by atoms with Crippen LogP contribution in [-0.2, 0) is 22.7 Å². The molecule has 1 atom stereocenters. The van der Waals surface area contributed by atoms with E-state index in [-0.39, 0.29) is 23.6 Å². The summed E-state index contributed by atoms with van der Waals surface area (Å²) in [6.45, 7) is 2.55. The summed E-state index contributed by atoms with van der Waals surface area (Å²) in [6, 6.07) is 23.7. The minimum atomic E-state index is -0.882. The first-order valence-corrected chi connectivity index (χ1v) is 12.2. The normalized spacial score (nSPS) is 16.6. The Bertz CT molecular complexity index is 1510. The largest absolute Gasteiger partial charge is 0.508 e. The minimum absolute atomic E-state index is 0.00727. The zero-order valence-corrected chi connectivity index (χ0v) is 20.7. The predicted molar refractivity (Wildman–Crippen MR) is 142 cm³/mol. The number of benzene rings is 3. The summed E-state index contributed by atoms with van der Waals surface area (Å²) in [4.78, 5) is 31.8. The Hall–Kier alpha value is -4.91. The number of carbonyl (C=O) groups is 2. The number of amides is 1. The van der Waals surface area contributed by atoms with E-state index in [0.29, 0.717) is 23.5 Å². The van der Waals surface area contributed by atoms with Crippen LogP contribution in [0.3, 0.4) is 0 Å². The number of aryl methyl sites for hydroxylation is 1. The Labute approximate surface area is 220 Å². The van der Waals surface area contributed by atoms with Gasteiger partial charge in [-0.2, -0.15) is 0 Å². The standard InChI is InChI=1S/C31H26N2O5/c1-20-5-2-3-6-24(20)19-38-26-11-9-22(10-12-26)29(35)27-28(23-7-4-8-25(34)17-23)33(31(37)30(27)36)18-21-13-15-32-16-14-21/h2-17,28,34-35H,18-19H2,1H3/b29-27+/t28-/m0/s1. The number of carbonyl (C=O) groups excluding carboxylic acids is 2. The molecule has 2 heterocycles. The van der Waals surface area contributed by atoms with Gasteiger partial charge in [0.05, 0.1) is 11.6 Å². The topological polar surface area (TPSA) is 100.0 Å². The third kappa shape index (κ3) is 4.99. The number of Topliss-reactive ketones (excluding diaryl/α,β-unsaturated/α-hetero) is 1. The van der Waals surface area contributed by atoms with Crippen LogP contribution in [0.1, 0.15) is 33.9 Å².